The predicted octanol–water partition coefficient (Wildman–Crippen LogP) is 3.45. The lowest BCUT2D eigenvalue weighted by Gasteiger charge is -2.17. The lowest BCUT2D eigenvalue weighted by atomic mass is 10.3. The summed E-state index contributed by atoms with van der Waals surface area (Å²) in [6, 6.07) is 0. The number of nitrogens with zero attached hydrogens (tertiary/aromatic N) is 2. The Labute approximate surface area is 148 Å². The molecule has 0 aromatic carbocycles. The Bertz CT molecular complexity index is 696. The Morgan fingerprint density at radius 2 is 1.96 bits per heavy atom. The summed E-state index contributed by atoms with van der Waals surface area (Å²) in [7, 11) is -3.10. The Balaban J connectivity index is 2.02. The molecule has 9 heteroatoms. The van der Waals surface area contributed by atoms with E-state index in [0.29, 0.717) is 32.2 Å². The molecule has 0 amide bonds. The maximum absolute atomic E-state index is 12.4. The Kier molecular flexibility index (Phi) is 7.84. The van der Waals surface area contributed by atoms with E-state index in [1.807, 2.05) is 6.20 Å². The number of aromatic amines is 1. The molecular weight excluding hydrogens is 343 g/mol. The minimum atomic E-state index is -3.10. The smallest absolute Gasteiger partial charge is 0.344 e. The third-order valence-corrected chi connectivity index (χ3v) is 5.43. The van der Waals surface area contributed by atoms with Crippen molar-refractivity contribution in [2.24, 2.45) is 0 Å². The highest BCUT2D eigenvalue weighted by atomic mass is 31.2. The van der Waals surface area contributed by atoms with Gasteiger partial charge in [-0.3, -0.25) is 4.57 Å². The first-order chi connectivity index (χ1) is 12.1. The molecule has 2 aromatic rings. The van der Waals surface area contributed by atoms with Crippen LogP contribution >= 0.6 is 7.60 Å². The van der Waals surface area contributed by atoms with Crippen molar-refractivity contribution in [2.45, 2.75) is 40.2 Å². The number of rotatable bonds is 12. The van der Waals surface area contributed by atoms with E-state index < -0.39 is 7.60 Å². The molecule has 2 aromatic heterocycles. The van der Waals surface area contributed by atoms with Crippen LogP contribution in [0, 0.1) is 0 Å². The van der Waals surface area contributed by atoms with Crippen LogP contribution in [0.5, 0.6) is 5.88 Å². The molecule has 0 saturated heterocycles. The van der Waals surface area contributed by atoms with Gasteiger partial charge in [0, 0.05) is 18.3 Å². The number of hydrogen-bond donors (Lipinski definition) is 2. The molecule has 0 unspecified atom stereocenters. The fourth-order valence-corrected chi connectivity index (χ4v) is 3.81. The molecular formula is C16H27N4O4P. The second-order valence-electron chi connectivity index (χ2n) is 5.45. The average Bonchev–Trinajstić information content (AvgIpc) is 3.00. The summed E-state index contributed by atoms with van der Waals surface area (Å²) >= 11 is 0. The molecule has 0 aliphatic heterocycles. The minimum absolute atomic E-state index is 0.145. The molecule has 0 aliphatic rings. The quantitative estimate of drug-likeness (QED) is 0.436. The fraction of sp³-hybridized carbons (Fsp3) is 0.625. The van der Waals surface area contributed by atoms with E-state index in [2.05, 4.69) is 27.2 Å². The van der Waals surface area contributed by atoms with Crippen molar-refractivity contribution in [1.29, 1.82) is 0 Å². The van der Waals surface area contributed by atoms with Crippen LogP contribution in [0.4, 0.5) is 0 Å². The molecule has 2 N–H and O–H groups in total. The van der Waals surface area contributed by atoms with Crippen LogP contribution in [0.15, 0.2) is 12.5 Å². The number of H-pyrrole nitrogens is 1. The van der Waals surface area contributed by atoms with Crippen LogP contribution in [-0.4, -0.2) is 41.1 Å². The summed E-state index contributed by atoms with van der Waals surface area (Å²) < 4.78 is 28.7. The molecule has 0 spiro atoms. The fourth-order valence-electron chi connectivity index (χ4n) is 2.38. The van der Waals surface area contributed by atoms with Crippen molar-refractivity contribution in [2.75, 3.05) is 26.1 Å². The molecule has 8 nitrogen and oxygen atoms in total. The third kappa shape index (κ3) is 5.51. The lowest BCUT2D eigenvalue weighted by molar-refractivity contribution is 0.218. The van der Waals surface area contributed by atoms with Crippen LogP contribution in [-0.2, 0) is 20.2 Å². The molecule has 0 saturated carbocycles. The van der Waals surface area contributed by atoms with Gasteiger partial charge in [-0.2, -0.15) is 4.98 Å². The minimum Gasteiger partial charge on any atom is -0.476 e. The van der Waals surface area contributed by atoms with E-state index in [0.717, 1.165) is 29.4 Å². The highest BCUT2D eigenvalue weighted by Crippen LogP contribution is 2.46. The summed E-state index contributed by atoms with van der Waals surface area (Å²) in [5, 5.41) is 3.13. The van der Waals surface area contributed by atoms with Gasteiger partial charge in [0.15, 0.2) is 0 Å². The average molecular weight is 370 g/mol. The number of ether oxygens (including phenoxy) is 1. The van der Waals surface area contributed by atoms with Gasteiger partial charge in [0.2, 0.25) is 5.88 Å². The molecule has 140 valence electrons. The van der Waals surface area contributed by atoms with Gasteiger partial charge in [-0.05, 0) is 20.3 Å². The maximum atomic E-state index is 12.4. The first kappa shape index (κ1) is 19.8. The van der Waals surface area contributed by atoms with Gasteiger partial charge < -0.3 is 24.1 Å². The molecule has 0 aliphatic carbocycles. The molecule has 0 fully saturated rings. The topological polar surface area (TPSA) is 98.4 Å². The number of aromatic nitrogens is 3. The maximum Gasteiger partial charge on any atom is 0.344 e. The summed E-state index contributed by atoms with van der Waals surface area (Å²) in [6.07, 6.45) is 5.53. The van der Waals surface area contributed by atoms with Gasteiger partial charge >= 0.3 is 7.60 Å². The molecule has 0 bridgehead atoms. The van der Waals surface area contributed by atoms with E-state index in [-0.39, 0.29) is 6.29 Å². The molecule has 25 heavy (non-hydrogen) atoms. The highest BCUT2D eigenvalue weighted by Gasteiger charge is 2.23. The normalized spacial score (nSPS) is 12.0. The van der Waals surface area contributed by atoms with E-state index >= 15 is 0 Å². The van der Waals surface area contributed by atoms with Crippen molar-refractivity contribution >= 4 is 18.6 Å². The second-order valence-corrected chi connectivity index (χ2v) is 7.50. The highest BCUT2D eigenvalue weighted by molar-refractivity contribution is 7.53. The van der Waals surface area contributed by atoms with Gasteiger partial charge in [-0.15, -0.1) is 0 Å². The first-order valence-corrected chi connectivity index (χ1v) is 10.4. The van der Waals surface area contributed by atoms with Gasteiger partial charge in [0.25, 0.3) is 0 Å². The number of hydrogen-bond acceptors (Lipinski definition) is 7. The molecule has 2 heterocycles. The van der Waals surface area contributed by atoms with E-state index in [9.17, 15) is 4.57 Å². The van der Waals surface area contributed by atoms with Gasteiger partial charge in [0.1, 0.15) is 11.8 Å². The van der Waals surface area contributed by atoms with Gasteiger partial charge in [-0.25, -0.2) is 4.98 Å². The zero-order valence-corrected chi connectivity index (χ0v) is 16.0. The van der Waals surface area contributed by atoms with Crippen LogP contribution in [0.25, 0.3) is 11.0 Å². The van der Waals surface area contributed by atoms with E-state index in [1.165, 1.54) is 6.33 Å². The third-order valence-electron chi connectivity index (χ3n) is 3.52. The van der Waals surface area contributed by atoms with Crippen molar-refractivity contribution in [3.05, 3.63) is 18.1 Å². The summed E-state index contributed by atoms with van der Waals surface area (Å²) in [5.74, 6) is 0.555. The zero-order valence-electron chi connectivity index (χ0n) is 15.1. The molecule has 0 atom stereocenters. The number of fused-ring (bicyclic) bond motifs is 1. The van der Waals surface area contributed by atoms with Crippen LogP contribution in [0.3, 0.4) is 0 Å². The van der Waals surface area contributed by atoms with Crippen LogP contribution in [0.2, 0.25) is 0 Å². The van der Waals surface area contributed by atoms with Gasteiger partial charge in [-0.1, -0.05) is 13.3 Å². The summed E-state index contributed by atoms with van der Waals surface area (Å²) in [5.41, 5.74) is 2.50. The zero-order chi connectivity index (χ0) is 18.1. The number of unbranched alkanes of at least 4 members (excludes halogenated alkanes) is 1. The Morgan fingerprint density at radius 1 is 1.20 bits per heavy atom. The Hall–Kier alpha value is -1.47. The monoisotopic (exact) mass is 370 g/mol. The number of nitrogens with one attached hydrogen (secondary N) is 2. The largest absolute Gasteiger partial charge is 0.476 e. The standard InChI is InChI=1S/C16H27N4O4P/c1-4-7-8-22-16-15-14(19-11-20-16)13(10-18-15)9-17-12-25(21,23-5-2)24-6-3/h10-11,17-18H,4-9,12H2,1-3H3. The van der Waals surface area contributed by atoms with Gasteiger partial charge in [0.05, 0.1) is 31.6 Å². The van der Waals surface area contributed by atoms with Crippen LogP contribution < -0.4 is 10.1 Å². The Morgan fingerprint density at radius 3 is 2.64 bits per heavy atom. The lowest BCUT2D eigenvalue weighted by Crippen LogP contribution is -2.17. The summed E-state index contributed by atoms with van der Waals surface area (Å²) in [4.78, 5) is 11.7. The van der Waals surface area contributed by atoms with Crippen molar-refractivity contribution in [3.8, 4) is 5.88 Å². The first-order valence-electron chi connectivity index (χ1n) is 8.66. The molecule has 0 radical (unpaired) electrons. The predicted molar refractivity (Wildman–Crippen MR) is 96.9 cm³/mol. The second kappa shape index (κ2) is 9.87. The summed E-state index contributed by atoms with van der Waals surface area (Å²) in [6.45, 7) is 7.50. The molecule has 2 rings (SSSR count). The van der Waals surface area contributed by atoms with Crippen molar-refractivity contribution in [1.82, 2.24) is 20.3 Å². The van der Waals surface area contributed by atoms with Crippen molar-refractivity contribution in [3.63, 3.8) is 0 Å². The SMILES string of the molecule is CCCCOc1ncnc2c(CNCP(=O)(OCC)OCC)c[nH]c12. The van der Waals surface area contributed by atoms with E-state index in [4.69, 9.17) is 13.8 Å². The van der Waals surface area contributed by atoms with E-state index in [1.54, 1.807) is 13.8 Å². The van der Waals surface area contributed by atoms with Crippen LogP contribution in [0.1, 0.15) is 39.2 Å². The van der Waals surface area contributed by atoms with Crippen molar-refractivity contribution < 1.29 is 18.3 Å².